The molecule has 0 bridgehead atoms. The van der Waals surface area contributed by atoms with Crippen LogP contribution in [-0.4, -0.2) is 35.2 Å². The van der Waals surface area contributed by atoms with Gasteiger partial charge in [-0.3, -0.25) is 10.2 Å². The molecule has 1 aliphatic heterocycles. The van der Waals surface area contributed by atoms with Crippen molar-refractivity contribution >= 4 is 11.8 Å². The number of piperidine rings is 1. The average Bonchev–Trinajstić information content (AvgIpc) is 2.65. The molecule has 0 atom stereocenters. The van der Waals surface area contributed by atoms with E-state index in [2.05, 4.69) is 27.7 Å². The smallest absolute Gasteiger partial charge is 0.409 e. The van der Waals surface area contributed by atoms with E-state index in [9.17, 15) is 9.18 Å². The maximum Gasteiger partial charge on any atom is 0.409 e. The monoisotopic (exact) mass is 357 g/mol. The first-order chi connectivity index (χ1) is 12.6. The molecule has 3 N–H and O–H groups in total. The molecule has 0 aliphatic carbocycles. The van der Waals surface area contributed by atoms with Crippen molar-refractivity contribution in [2.45, 2.75) is 32.0 Å². The van der Waals surface area contributed by atoms with Crippen LogP contribution in [0.4, 0.5) is 14.9 Å². The normalized spacial score (nSPS) is 15.2. The van der Waals surface area contributed by atoms with Crippen LogP contribution in [0.3, 0.4) is 0 Å². The van der Waals surface area contributed by atoms with E-state index in [1.807, 2.05) is 18.2 Å². The number of amides is 1. The Morgan fingerprint density at radius 1 is 1.12 bits per heavy atom. The second-order valence-electron chi connectivity index (χ2n) is 6.58. The lowest BCUT2D eigenvalue weighted by atomic mass is 10.0. The lowest BCUT2D eigenvalue weighted by Crippen LogP contribution is -2.42. The van der Waals surface area contributed by atoms with Crippen molar-refractivity contribution in [3.05, 3.63) is 65.5 Å². The Morgan fingerprint density at radius 3 is 2.54 bits per heavy atom. The van der Waals surface area contributed by atoms with Crippen LogP contribution < -0.4 is 10.6 Å². The number of nitrogens with zero attached hydrogens (tertiary/aromatic N) is 1. The Hall–Kier alpha value is -2.44. The SMILES string of the molecule is O=C(O)Nc1c(F)cccc1CN(Cc1ccccc1)C1CCNCC1. The Morgan fingerprint density at radius 2 is 1.85 bits per heavy atom. The van der Waals surface area contributed by atoms with Crippen LogP contribution in [0.2, 0.25) is 0 Å². The predicted octanol–water partition coefficient (Wildman–Crippen LogP) is 3.67. The summed E-state index contributed by atoms with van der Waals surface area (Å²) in [5.74, 6) is -0.546. The maximum absolute atomic E-state index is 14.2. The number of para-hydroxylation sites is 1. The topological polar surface area (TPSA) is 64.6 Å². The summed E-state index contributed by atoms with van der Waals surface area (Å²) in [5.41, 5.74) is 1.89. The third-order valence-electron chi connectivity index (χ3n) is 4.76. The van der Waals surface area contributed by atoms with Gasteiger partial charge in [0.05, 0.1) is 5.69 Å². The molecule has 138 valence electrons. The van der Waals surface area contributed by atoms with Crippen LogP contribution in [-0.2, 0) is 13.1 Å². The van der Waals surface area contributed by atoms with Gasteiger partial charge in [0.15, 0.2) is 0 Å². The number of hydrogen-bond acceptors (Lipinski definition) is 3. The van der Waals surface area contributed by atoms with Crippen molar-refractivity contribution in [2.75, 3.05) is 18.4 Å². The average molecular weight is 357 g/mol. The number of rotatable bonds is 6. The molecule has 0 unspecified atom stereocenters. The van der Waals surface area contributed by atoms with Crippen LogP contribution in [0.5, 0.6) is 0 Å². The van der Waals surface area contributed by atoms with E-state index in [1.54, 1.807) is 12.1 Å². The van der Waals surface area contributed by atoms with Gasteiger partial charge in [0, 0.05) is 19.1 Å². The van der Waals surface area contributed by atoms with E-state index in [0.29, 0.717) is 18.2 Å². The highest BCUT2D eigenvalue weighted by Gasteiger charge is 2.23. The molecule has 0 saturated carbocycles. The van der Waals surface area contributed by atoms with Crippen molar-refractivity contribution in [3.63, 3.8) is 0 Å². The molecule has 5 nitrogen and oxygen atoms in total. The van der Waals surface area contributed by atoms with Crippen molar-refractivity contribution in [3.8, 4) is 0 Å². The fraction of sp³-hybridized carbons (Fsp3) is 0.350. The lowest BCUT2D eigenvalue weighted by Gasteiger charge is -2.35. The fourth-order valence-corrected chi connectivity index (χ4v) is 3.47. The third kappa shape index (κ3) is 4.80. The van der Waals surface area contributed by atoms with Gasteiger partial charge < -0.3 is 10.4 Å². The molecule has 0 aromatic heterocycles. The van der Waals surface area contributed by atoms with Gasteiger partial charge in [-0.15, -0.1) is 0 Å². The zero-order valence-electron chi connectivity index (χ0n) is 14.6. The minimum atomic E-state index is -1.26. The highest BCUT2D eigenvalue weighted by atomic mass is 19.1. The first-order valence-corrected chi connectivity index (χ1v) is 8.89. The largest absolute Gasteiger partial charge is 0.465 e. The number of hydrogen-bond donors (Lipinski definition) is 3. The predicted molar refractivity (Wildman–Crippen MR) is 99.6 cm³/mol. The maximum atomic E-state index is 14.2. The molecule has 2 aromatic carbocycles. The van der Waals surface area contributed by atoms with Crippen LogP contribution in [0.15, 0.2) is 48.5 Å². The number of anilines is 1. The van der Waals surface area contributed by atoms with E-state index in [4.69, 9.17) is 5.11 Å². The van der Waals surface area contributed by atoms with Gasteiger partial charge in [-0.2, -0.15) is 0 Å². The van der Waals surface area contributed by atoms with Gasteiger partial charge in [0.2, 0.25) is 0 Å². The Labute approximate surface area is 152 Å². The summed E-state index contributed by atoms with van der Waals surface area (Å²) >= 11 is 0. The molecule has 3 rings (SSSR count). The number of carboxylic acid groups (broad SMARTS) is 1. The summed E-state index contributed by atoms with van der Waals surface area (Å²) < 4.78 is 14.2. The summed E-state index contributed by atoms with van der Waals surface area (Å²) in [4.78, 5) is 13.4. The summed E-state index contributed by atoms with van der Waals surface area (Å²) in [6.07, 6.45) is 0.779. The first-order valence-electron chi connectivity index (χ1n) is 8.89. The fourth-order valence-electron chi connectivity index (χ4n) is 3.47. The molecule has 1 saturated heterocycles. The Balaban J connectivity index is 1.85. The molecule has 1 heterocycles. The van der Waals surface area contributed by atoms with Gasteiger partial charge >= 0.3 is 6.09 Å². The summed E-state index contributed by atoms with van der Waals surface area (Å²) in [5, 5.41) is 14.6. The molecule has 1 aliphatic rings. The van der Waals surface area contributed by atoms with Crippen LogP contribution in [0.25, 0.3) is 0 Å². The number of carbonyl (C=O) groups is 1. The first kappa shape index (κ1) is 18.4. The second kappa shape index (κ2) is 8.78. The van der Waals surface area contributed by atoms with Crippen molar-refractivity contribution in [1.82, 2.24) is 10.2 Å². The van der Waals surface area contributed by atoms with E-state index >= 15 is 0 Å². The zero-order chi connectivity index (χ0) is 18.4. The van der Waals surface area contributed by atoms with Crippen molar-refractivity contribution < 1.29 is 14.3 Å². The number of benzene rings is 2. The molecule has 2 aromatic rings. The van der Waals surface area contributed by atoms with E-state index in [1.165, 1.54) is 11.6 Å². The lowest BCUT2D eigenvalue weighted by molar-refractivity contribution is 0.146. The van der Waals surface area contributed by atoms with Gasteiger partial charge in [0.25, 0.3) is 0 Å². The molecule has 0 spiro atoms. The summed E-state index contributed by atoms with van der Waals surface area (Å²) in [6, 6.07) is 15.2. The Bertz CT molecular complexity index is 733. The van der Waals surface area contributed by atoms with Gasteiger partial charge in [-0.05, 0) is 43.1 Å². The number of nitrogens with one attached hydrogen (secondary N) is 2. The van der Waals surface area contributed by atoms with Crippen LogP contribution >= 0.6 is 0 Å². The zero-order valence-corrected chi connectivity index (χ0v) is 14.6. The highest BCUT2D eigenvalue weighted by Crippen LogP contribution is 2.25. The van der Waals surface area contributed by atoms with Crippen LogP contribution in [0, 0.1) is 5.82 Å². The highest BCUT2D eigenvalue weighted by molar-refractivity contribution is 5.84. The van der Waals surface area contributed by atoms with Crippen molar-refractivity contribution in [1.29, 1.82) is 0 Å². The molecule has 1 fully saturated rings. The second-order valence-corrected chi connectivity index (χ2v) is 6.58. The third-order valence-corrected chi connectivity index (χ3v) is 4.76. The van der Waals surface area contributed by atoms with Gasteiger partial charge in [-0.25, -0.2) is 9.18 Å². The molecule has 0 radical (unpaired) electrons. The molecule has 26 heavy (non-hydrogen) atoms. The van der Waals surface area contributed by atoms with E-state index in [0.717, 1.165) is 32.5 Å². The quantitative estimate of drug-likeness (QED) is 0.738. The molecular weight excluding hydrogens is 333 g/mol. The number of halogens is 1. The molecule has 1 amide bonds. The standard InChI is InChI=1S/C20H24FN3O2/c21-18-8-4-7-16(19(18)23-20(25)26)14-24(17-9-11-22-12-10-17)13-15-5-2-1-3-6-15/h1-8,17,22-23H,9-14H2,(H,25,26). The summed E-state index contributed by atoms with van der Waals surface area (Å²) in [6.45, 7) is 3.15. The van der Waals surface area contributed by atoms with Gasteiger partial charge in [0.1, 0.15) is 5.82 Å². The van der Waals surface area contributed by atoms with Gasteiger partial charge in [-0.1, -0.05) is 42.5 Å². The molecular formula is C20H24FN3O2. The molecule has 6 heteroatoms. The minimum absolute atomic E-state index is 0.0481. The Kier molecular flexibility index (Phi) is 6.20. The van der Waals surface area contributed by atoms with Crippen molar-refractivity contribution in [2.24, 2.45) is 0 Å². The van der Waals surface area contributed by atoms with Crippen LogP contribution in [0.1, 0.15) is 24.0 Å². The minimum Gasteiger partial charge on any atom is -0.465 e. The summed E-state index contributed by atoms with van der Waals surface area (Å²) in [7, 11) is 0. The van der Waals surface area contributed by atoms with E-state index in [-0.39, 0.29) is 5.69 Å². The van der Waals surface area contributed by atoms with E-state index < -0.39 is 11.9 Å².